The van der Waals surface area contributed by atoms with E-state index >= 15 is 0 Å². The summed E-state index contributed by atoms with van der Waals surface area (Å²) in [7, 11) is 0. The average molecular weight is 308 g/mol. The van der Waals surface area contributed by atoms with Crippen molar-refractivity contribution >= 4 is 17.3 Å². The Kier molecular flexibility index (Phi) is 4.55. The van der Waals surface area contributed by atoms with Crippen molar-refractivity contribution in [3.63, 3.8) is 0 Å². The molecule has 23 heavy (non-hydrogen) atoms. The molecule has 1 aliphatic carbocycles. The largest absolute Gasteiger partial charge is 0.384 e. The van der Waals surface area contributed by atoms with Crippen LogP contribution in [0.2, 0.25) is 0 Å². The van der Waals surface area contributed by atoms with Crippen LogP contribution in [-0.2, 0) is 0 Å². The lowest BCUT2D eigenvalue weighted by molar-refractivity contribution is 0.441. The minimum atomic E-state index is 0.0747. The molecule has 2 aromatic rings. The Morgan fingerprint density at radius 3 is 2.52 bits per heavy atom. The summed E-state index contributed by atoms with van der Waals surface area (Å²) < 4.78 is 0. The van der Waals surface area contributed by atoms with Crippen molar-refractivity contribution in [3.05, 3.63) is 47.4 Å². The standard InChI is InChI=1S/C18H22N5/c1-12-16(13-5-3-2-4-6-13)18(22-11-21-12)23-15-9-7-14(8-10-15)17(19)20/h7-10,13H,2-6H2,1H3,(H3,19,20)(H,21,22,23). The van der Waals surface area contributed by atoms with Crippen LogP contribution >= 0.6 is 0 Å². The molecule has 0 unspecified atom stereocenters. The van der Waals surface area contributed by atoms with Crippen LogP contribution in [0.4, 0.5) is 11.5 Å². The second-order valence-corrected chi connectivity index (χ2v) is 6.12. The second kappa shape index (κ2) is 6.77. The summed E-state index contributed by atoms with van der Waals surface area (Å²) in [6, 6.07) is 7.50. The van der Waals surface area contributed by atoms with Crippen LogP contribution in [0.25, 0.3) is 0 Å². The van der Waals surface area contributed by atoms with Gasteiger partial charge in [0, 0.05) is 22.5 Å². The van der Waals surface area contributed by atoms with Gasteiger partial charge in [-0.1, -0.05) is 19.3 Å². The van der Waals surface area contributed by atoms with Gasteiger partial charge in [-0.2, -0.15) is 0 Å². The Morgan fingerprint density at radius 2 is 1.87 bits per heavy atom. The molecule has 3 rings (SSSR count). The maximum Gasteiger partial charge on any atom is 0.200 e. The first-order valence-corrected chi connectivity index (χ1v) is 8.11. The number of hydrogen-bond donors (Lipinski definition) is 3. The zero-order valence-corrected chi connectivity index (χ0v) is 13.4. The first kappa shape index (κ1) is 15.5. The molecule has 0 atom stereocenters. The quantitative estimate of drug-likeness (QED) is 0.594. The van der Waals surface area contributed by atoms with Gasteiger partial charge in [-0.3, -0.25) is 5.41 Å². The van der Waals surface area contributed by atoms with E-state index in [4.69, 9.17) is 11.1 Å². The molecule has 1 aromatic carbocycles. The second-order valence-electron chi connectivity index (χ2n) is 6.12. The van der Waals surface area contributed by atoms with Crippen molar-refractivity contribution in [1.29, 1.82) is 5.41 Å². The fraction of sp³-hybridized carbons (Fsp3) is 0.389. The Hall–Kier alpha value is -2.43. The number of nitrogens with two attached hydrogens (primary N) is 1. The fourth-order valence-electron chi connectivity index (χ4n) is 3.29. The van der Waals surface area contributed by atoms with Crippen molar-refractivity contribution in [2.45, 2.75) is 44.9 Å². The molecule has 1 saturated carbocycles. The van der Waals surface area contributed by atoms with Gasteiger partial charge in [0.15, 0.2) is 6.33 Å². The molecule has 0 aliphatic heterocycles. The summed E-state index contributed by atoms with van der Waals surface area (Å²) in [5.74, 6) is 1.45. The number of aromatic nitrogens is 2. The molecule has 1 aliphatic rings. The molecule has 1 aromatic heterocycles. The van der Waals surface area contributed by atoms with Gasteiger partial charge in [0.25, 0.3) is 0 Å². The molecule has 1 fully saturated rings. The number of benzene rings is 1. The summed E-state index contributed by atoms with van der Waals surface area (Å²) in [5.41, 5.74) is 9.37. The number of aryl methyl sites for hydroxylation is 1. The molecule has 5 nitrogen and oxygen atoms in total. The van der Waals surface area contributed by atoms with E-state index in [0.717, 1.165) is 17.2 Å². The molecule has 4 N–H and O–H groups in total. The van der Waals surface area contributed by atoms with Crippen molar-refractivity contribution in [1.82, 2.24) is 9.97 Å². The van der Waals surface area contributed by atoms with E-state index in [1.54, 1.807) is 0 Å². The number of hydrogen-bond acceptors (Lipinski definition) is 4. The summed E-state index contributed by atoms with van der Waals surface area (Å²) in [5, 5.41) is 10.8. The number of anilines is 2. The number of nitrogens with zero attached hydrogens (tertiary/aromatic N) is 2. The predicted octanol–water partition coefficient (Wildman–Crippen LogP) is 3.66. The normalized spacial score (nSPS) is 15.3. The maximum absolute atomic E-state index is 7.45. The zero-order valence-electron chi connectivity index (χ0n) is 13.4. The van der Waals surface area contributed by atoms with Crippen LogP contribution in [0.1, 0.15) is 54.8 Å². The number of nitrogen functional groups attached to an aromatic ring is 1. The van der Waals surface area contributed by atoms with Crippen molar-refractivity contribution in [2.75, 3.05) is 5.32 Å². The Balaban J connectivity index is 1.87. The van der Waals surface area contributed by atoms with Crippen LogP contribution in [0.5, 0.6) is 0 Å². The SMILES string of the molecule is Cc1n[c]nc(Nc2ccc(C(=N)N)cc2)c1C1CCCCC1. The van der Waals surface area contributed by atoms with E-state index in [9.17, 15) is 0 Å². The lowest BCUT2D eigenvalue weighted by Gasteiger charge is -2.25. The third-order valence-corrected chi connectivity index (χ3v) is 4.50. The summed E-state index contributed by atoms with van der Waals surface area (Å²) in [6.45, 7) is 2.03. The smallest absolute Gasteiger partial charge is 0.200 e. The average Bonchev–Trinajstić information content (AvgIpc) is 2.56. The highest BCUT2D eigenvalue weighted by atomic mass is 15.0. The summed E-state index contributed by atoms with van der Waals surface area (Å²) in [6.07, 6.45) is 9.01. The van der Waals surface area contributed by atoms with E-state index < -0.39 is 0 Å². The van der Waals surface area contributed by atoms with Crippen molar-refractivity contribution in [3.8, 4) is 0 Å². The molecular formula is C18H22N5. The number of nitrogens with one attached hydrogen (secondary N) is 2. The third-order valence-electron chi connectivity index (χ3n) is 4.50. The number of rotatable bonds is 4. The summed E-state index contributed by atoms with van der Waals surface area (Å²) in [4.78, 5) is 8.63. The van der Waals surface area contributed by atoms with Gasteiger partial charge in [-0.05, 0) is 49.9 Å². The molecule has 0 saturated heterocycles. The van der Waals surface area contributed by atoms with Crippen molar-refractivity contribution < 1.29 is 0 Å². The monoisotopic (exact) mass is 308 g/mol. The molecule has 0 amide bonds. The molecule has 0 bridgehead atoms. The minimum Gasteiger partial charge on any atom is -0.384 e. The molecular weight excluding hydrogens is 286 g/mol. The van der Waals surface area contributed by atoms with E-state index in [-0.39, 0.29) is 5.84 Å². The highest BCUT2D eigenvalue weighted by Gasteiger charge is 2.22. The van der Waals surface area contributed by atoms with Gasteiger partial charge in [0.05, 0.1) is 0 Å². The van der Waals surface area contributed by atoms with Gasteiger partial charge < -0.3 is 11.1 Å². The Morgan fingerprint density at radius 1 is 1.17 bits per heavy atom. The van der Waals surface area contributed by atoms with Crippen LogP contribution in [0, 0.1) is 18.7 Å². The highest BCUT2D eigenvalue weighted by Crippen LogP contribution is 2.37. The zero-order chi connectivity index (χ0) is 16.2. The van der Waals surface area contributed by atoms with Gasteiger partial charge in [0.1, 0.15) is 11.7 Å². The van der Waals surface area contributed by atoms with Gasteiger partial charge in [-0.25, -0.2) is 9.97 Å². The van der Waals surface area contributed by atoms with Crippen LogP contribution in [0.15, 0.2) is 24.3 Å². The lowest BCUT2D eigenvalue weighted by atomic mass is 9.83. The summed E-state index contributed by atoms with van der Waals surface area (Å²) >= 11 is 0. The molecule has 0 spiro atoms. The molecule has 119 valence electrons. The van der Waals surface area contributed by atoms with Gasteiger partial charge >= 0.3 is 0 Å². The van der Waals surface area contributed by atoms with E-state index in [2.05, 4.69) is 21.6 Å². The van der Waals surface area contributed by atoms with Crippen LogP contribution in [0.3, 0.4) is 0 Å². The van der Waals surface area contributed by atoms with Gasteiger partial charge in [0.2, 0.25) is 0 Å². The molecule has 5 heteroatoms. The van der Waals surface area contributed by atoms with Crippen LogP contribution < -0.4 is 11.1 Å². The van der Waals surface area contributed by atoms with E-state index in [0.29, 0.717) is 11.5 Å². The highest BCUT2D eigenvalue weighted by molar-refractivity contribution is 5.95. The maximum atomic E-state index is 7.45. The Labute approximate surface area is 136 Å². The molecule has 1 radical (unpaired) electrons. The Bertz CT molecular complexity index is 687. The van der Waals surface area contributed by atoms with E-state index in [1.807, 2.05) is 31.2 Å². The predicted molar refractivity (Wildman–Crippen MR) is 92.2 cm³/mol. The minimum absolute atomic E-state index is 0.0747. The van der Waals surface area contributed by atoms with Crippen LogP contribution in [-0.4, -0.2) is 15.8 Å². The topological polar surface area (TPSA) is 87.7 Å². The first-order valence-electron chi connectivity index (χ1n) is 8.11. The van der Waals surface area contributed by atoms with Crippen molar-refractivity contribution in [2.24, 2.45) is 5.73 Å². The molecule has 1 heterocycles. The third kappa shape index (κ3) is 3.50. The fourth-order valence-corrected chi connectivity index (χ4v) is 3.29. The lowest BCUT2D eigenvalue weighted by Crippen LogP contribution is -2.12. The first-order chi connectivity index (χ1) is 11.1. The van der Waals surface area contributed by atoms with Gasteiger partial charge in [-0.15, -0.1) is 0 Å². The van der Waals surface area contributed by atoms with E-state index in [1.165, 1.54) is 37.7 Å². The number of amidine groups is 1.